The molecule has 0 aliphatic carbocycles. The Kier molecular flexibility index (Phi) is 3.67. The van der Waals surface area contributed by atoms with Gasteiger partial charge in [-0.15, -0.1) is 11.3 Å². The molecular formula is C19H16N2OS. The summed E-state index contributed by atoms with van der Waals surface area (Å²) in [5, 5.41) is 2.76. The molecule has 3 aromatic rings. The van der Waals surface area contributed by atoms with Gasteiger partial charge in [0.25, 0.3) is 5.91 Å². The van der Waals surface area contributed by atoms with Gasteiger partial charge in [-0.1, -0.05) is 54.6 Å². The molecule has 1 aromatic heterocycles. The molecule has 4 heteroatoms. The van der Waals surface area contributed by atoms with Crippen molar-refractivity contribution in [3.8, 4) is 10.6 Å². The second-order valence-corrected chi connectivity index (χ2v) is 6.51. The van der Waals surface area contributed by atoms with Gasteiger partial charge >= 0.3 is 0 Å². The van der Waals surface area contributed by atoms with Crippen molar-refractivity contribution in [2.75, 3.05) is 6.54 Å². The van der Waals surface area contributed by atoms with E-state index in [0.29, 0.717) is 12.2 Å². The van der Waals surface area contributed by atoms with Crippen LogP contribution in [-0.2, 0) is 13.0 Å². The van der Waals surface area contributed by atoms with Gasteiger partial charge < -0.3 is 4.90 Å². The molecule has 0 saturated carbocycles. The van der Waals surface area contributed by atoms with Crippen LogP contribution < -0.4 is 0 Å². The number of aromatic nitrogens is 1. The van der Waals surface area contributed by atoms with Crippen molar-refractivity contribution in [2.45, 2.75) is 13.0 Å². The zero-order valence-corrected chi connectivity index (χ0v) is 13.4. The third-order valence-corrected chi connectivity index (χ3v) is 5.05. The van der Waals surface area contributed by atoms with E-state index in [4.69, 9.17) is 0 Å². The highest BCUT2D eigenvalue weighted by Crippen LogP contribution is 2.25. The van der Waals surface area contributed by atoms with Crippen molar-refractivity contribution >= 4 is 17.2 Å². The van der Waals surface area contributed by atoms with E-state index >= 15 is 0 Å². The summed E-state index contributed by atoms with van der Waals surface area (Å²) in [5.41, 5.74) is 4.19. The van der Waals surface area contributed by atoms with E-state index in [0.717, 1.165) is 23.5 Å². The smallest absolute Gasteiger partial charge is 0.273 e. The molecule has 1 aliphatic rings. The van der Waals surface area contributed by atoms with E-state index < -0.39 is 0 Å². The number of carbonyl (C=O) groups excluding carboxylic acids is 1. The summed E-state index contributed by atoms with van der Waals surface area (Å²) in [6.07, 6.45) is 0.914. The molecule has 2 heterocycles. The minimum atomic E-state index is 0.0259. The molecular weight excluding hydrogens is 304 g/mol. The number of hydrogen-bond acceptors (Lipinski definition) is 3. The van der Waals surface area contributed by atoms with Gasteiger partial charge in [0.05, 0.1) is 0 Å². The van der Waals surface area contributed by atoms with Crippen molar-refractivity contribution in [3.05, 3.63) is 76.8 Å². The Morgan fingerprint density at radius 3 is 2.57 bits per heavy atom. The summed E-state index contributed by atoms with van der Waals surface area (Å²) < 4.78 is 0. The molecule has 0 atom stereocenters. The highest BCUT2D eigenvalue weighted by Gasteiger charge is 2.23. The summed E-state index contributed by atoms with van der Waals surface area (Å²) >= 11 is 1.52. The number of carbonyl (C=O) groups is 1. The number of nitrogens with zero attached hydrogens (tertiary/aromatic N) is 2. The quantitative estimate of drug-likeness (QED) is 0.715. The van der Waals surface area contributed by atoms with Crippen LogP contribution in [0.15, 0.2) is 60.0 Å². The molecule has 114 valence electrons. The van der Waals surface area contributed by atoms with Gasteiger partial charge in [-0.05, 0) is 17.5 Å². The number of amides is 1. The van der Waals surface area contributed by atoms with Gasteiger partial charge in [0.2, 0.25) is 0 Å². The molecule has 0 radical (unpaired) electrons. The van der Waals surface area contributed by atoms with Crippen molar-refractivity contribution in [3.63, 3.8) is 0 Å². The van der Waals surface area contributed by atoms with Crippen LogP contribution in [0.4, 0.5) is 0 Å². The van der Waals surface area contributed by atoms with Crippen molar-refractivity contribution < 1.29 is 4.79 Å². The lowest BCUT2D eigenvalue weighted by Gasteiger charge is -2.28. The van der Waals surface area contributed by atoms with Gasteiger partial charge in [-0.25, -0.2) is 4.98 Å². The molecule has 0 bridgehead atoms. The second kappa shape index (κ2) is 5.97. The molecule has 0 N–H and O–H groups in total. The number of thiazole rings is 1. The lowest BCUT2D eigenvalue weighted by Crippen LogP contribution is -2.36. The minimum Gasteiger partial charge on any atom is -0.333 e. The van der Waals surface area contributed by atoms with Crippen LogP contribution in [0, 0.1) is 0 Å². The maximum atomic E-state index is 12.7. The summed E-state index contributed by atoms with van der Waals surface area (Å²) in [6, 6.07) is 18.3. The highest BCUT2D eigenvalue weighted by atomic mass is 32.1. The average molecular weight is 320 g/mol. The Hall–Kier alpha value is -2.46. The lowest BCUT2D eigenvalue weighted by atomic mass is 10.00. The first-order valence-corrected chi connectivity index (χ1v) is 8.56. The largest absolute Gasteiger partial charge is 0.333 e. The van der Waals surface area contributed by atoms with Crippen molar-refractivity contribution in [1.29, 1.82) is 0 Å². The number of rotatable bonds is 2. The molecule has 3 nitrogen and oxygen atoms in total. The van der Waals surface area contributed by atoms with E-state index in [-0.39, 0.29) is 5.91 Å². The summed E-state index contributed by atoms with van der Waals surface area (Å²) in [6.45, 7) is 1.43. The van der Waals surface area contributed by atoms with Crippen LogP contribution in [-0.4, -0.2) is 22.3 Å². The van der Waals surface area contributed by atoms with Crippen LogP contribution in [0.25, 0.3) is 10.6 Å². The molecule has 2 aromatic carbocycles. The molecule has 23 heavy (non-hydrogen) atoms. The number of hydrogen-bond donors (Lipinski definition) is 0. The first-order valence-electron chi connectivity index (χ1n) is 7.68. The van der Waals surface area contributed by atoms with Crippen LogP contribution >= 0.6 is 11.3 Å². The van der Waals surface area contributed by atoms with E-state index in [1.165, 1.54) is 22.5 Å². The van der Waals surface area contributed by atoms with E-state index in [1.807, 2.05) is 46.7 Å². The molecule has 0 unspecified atom stereocenters. The number of benzene rings is 2. The third-order valence-electron chi connectivity index (χ3n) is 4.16. The average Bonchev–Trinajstić information content (AvgIpc) is 3.11. The lowest BCUT2D eigenvalue weighted by molar-refractivity contribution is 0.0729. The Bertz CT molecular complexity index is 841. The van der Waals surface area contributed by atoms with Crippen LogP contribution in [0.3, 0.4) is 0 Å². The van der Waals surface area contributed by atoms with E-state index in [2.05, 4.69) is 23.2 Å². The molecule has 4 rings (SSSR count). The highest BCUT2D eigenvalue weighted by molar-refractivity contribution is 7.13. The van der Waals surface area contributed by atoms with Gasteiger partial charge in [0.15, 0.2) is 0 Å². The standard InChI is InChI=1S/C19H16N2OS/c22-19(21-11-10-14-6-4-5-9-16(14)12-21)17-13-23-18(20-17)15-7-2-1-3-8-15/h1-9,13H,10-12H2. The fourth-order valence-electron chi connectivity index (χ4n) is 2.92. The maximum Gasteiger partial charge on any atom is 0.273 e. The van der Waals surface area contributed by atoms with Gasteiger partial charge in [-0.3, -0.25) is 4.79 Å². The van der Waals surface area contributed by atoms with Crippen LogP contribution in [0.1, 0.15) is 21.6 Å². The zero-order valence-electron chi connectivity index (χ0n) is 12.6. The Morgan fingerprint density at radius 1 is 1.00 bits per heavy atom. The van der Waals surface area contributed by atoms with E-state index in [9.17, 15) is 4.79 Å². The van der Waals surface area contributed by atoms with E-state index in [1.54, 1.807) is 0 Å². The zero-order chi connectivity index (χ0) is 15.6. The fourth-order valence-corrected chi connectivity index (χ4v) is 3.72. The molecule has 0 saturated heterocycles. The van der Waals surface area contributed by atoms with Crippen molar-refractivity contribution in [1.82, 2.24) is 9.88 Å². The summed E-state index contributed by atoms with van der Waals surface area (Å²) in [4.78, 5) is 19.2. The second-order valence-electron chi connectivity index (χ2n) is 5.65. The Balaban J connectivity index is 1.55. The molecule has 1 aliphatic heterocycles. The first kappa shape index (κ1) is 14.2. The van der Waals surface area contributed by atoms with Gasteiger partial charge in [0, 0.05) is 24.0 Å². The third kappa shape index (κ3) is 2.78. The summed E-state index contributed by atoms with van der Waals surface area (Å²) in [7, 11) is 0. The predicted octanol–water partition coefficient (Wildman–Crippen LogP) is 4.01. The van der Waals surface area contributed by atoms with Crippen molar-refractivity contribution in [2.24, 2.45) is 0 Å². The SMILES string of the molecule is O=C(c1csc(-c2ccccc2)n1)N1CCc2ccccc2C1. The minimum absolute atomic E-state index is 0.0259. The topological polar surface area (TPSA) is 33.2 Å². The predicted molar refractivity (Wildman–Crippen MR) is 92.4 cm³/mol. The maximum absolute atomic E-state index is 12.7. The molecule has 0 spiro atoms. The molecule has 0 fully saturated rings. The Labute approximate surface area is 139 Å². The summed E-state index contributed by atoms with van der Waals surface area (Å²) in [5.74, 6) is 0.0259. The van der Waals surface area contributed by atoms with Gasteiger partial charge in [-0.2, -0.15) is 0 Å². The fraction of sp³-hybridized carbons (Fsp3) is 0.158. The number of fused-ring (bicyclic) bond motifs is 1. The first-order chi connectivity index (χ1) is 11.3. The monoisotopic (exact) mass is 320 g/mol. The van der Waals surface area contributed by atoms with Crippen LogP contribution in [0.2, 0.25) is 0 Å². The normalized spacial score (nSPS) is 13.7. The van der Waals surface area contributed by atoms with Crippen LogP contribution in [0.5, 0.6) is 0 Å². The molecule has 1 amide bonds. The Morgan fingerprint density at radius 2 is 1.74 bits per heavy atom. The van der Waals surface area contributed by atoms with Gasteiger partial charge in [0.1, 0.15) is 10.7 Å².